The van der Waals surface area contributed by atoms with Crippen LogP contribution >= 0.6 is 23.1 Å². The molecule has 0 spiro atoms. The minimum Gasteiger partial charge on any atom is -0.344 e. The summed E-state index contributed by atoms with van der Waals surface area (Å²) in [6.45, 7) is 4.72. The summed E-state index contributed by atoms with van der Waals surface area (Å²) < 4.78 is 2.06. The van der Waals surface area contributed by atoms with Gasteiger partial charge in [0.15, 0.2) is 11.0 Å². The second kappa shape index (κ2) is 9.94. The van der Waals surface area contributed by atoms with Gasteiger partial charge in [0, 0.05) is 6.54 Å². The van der Waals surface area contributed by atoms with E-state index in [0.717, 1.165) is 33.5 Å². The van der Waals surface area contributed by atoms with Crippen molar-refractivity contribution in [3.05, 3.63) is 89.3 Å². The molecule has 1 N–H and O–H groups in total. The van der Waals surface area contributed by atoms with Crippen molar-refractivity contribution >= 4 is 29.0 Å². The quantitative estimate of drug-likeness (QED) is 0.366. The zero-order chi connectivity index (χ0) is 21.6. The lowest BCUT2D eigenvalue weighted by atomic mass is 9.98. The van der Waals surface area contributed by atoms with E-state index >= 15 is 0 Å². The lowest BCUT2D eigenvalue weighted by Gasteiger charge is -2.22. The molecule has 1 atom stereocenters. The highest BCUT2D eigenvalue weighted by molar-refractivity contribution is 8.00. The first kappa shape index (κ1) is 21.3. The van der Waals surface area contributed by atoms with Crippen LogP contribution in [0.25, 0.3) is 10.7 Å². The molecule has 0 aliphatic rings. The molecule has 1 amide bonds. The highest BCUT2D eigenvalue weighted by atomic mass is 32.2. The van der Waals surface area contributed by atoms with Crippen molar-refractivity contribution in [3.63, 3.8) is 0 Å². The monoisotopic (exact) mass is 448 g/mol. The summed E-state index contributed by atoms with van der Waals surface area (Å²) in [6, 6.07) is 23.9. The Labute approximate surface area is 190 Å². The minimum atomic E-state index is -0.319. The molecule has 0 fully saturated rings. The van der Waals surface area contributed by atoms with E-state index in [-0.39, 0.29) is 17.2 Å². The first-order valence-corrected chi connectivity index (χ1v) is 12.0. The molecule has 158 valence electrons. The lowest BCUT2D eigenvalue weighted by Crippen LogP contribution is -2.35. The average Bonchev–Trinajstić information content (AvgIpc) is 3.48. The SMILES string of the molecule is CCn1c(SC(C)C(=O)NC(c2ccccc2)c2ccccc2)nnc1-c1cccs1. The van der Waals surface area contributed by atoms with Gasteiger partial charge in [-0.2, -0.15) is 0 Å². The fourth-order valence-electron chi connectivity index (χ4n) is 3.37. The van der Waals surface area contributed by atoms with Gasteiger partial charge in [-0.15, -0.1) is 21.5 Å². The summed E-state index contributed by atoms with van der Waals surface area (Å²) in [4.78, 5) is 14.2. The Morgan fingerprint density at radius 1 is 1.00 bits per heavy atom. The standard InChI is InChI=1S/C24H24N4OS2/c1-3-28-22(20-15-10-16-30-20)26-27-24(28)31-17(2)23(29)25-21(18-11-6-4-7-12-18)19-13-8-5-9-14-19/h4-17,21H,3H2,1-2H3,(H,25,29). The fourth-order valence-corrected chi connectivity index (χ4v) is 5.01. The molecule has 2 aromatic heterocycles. The first-order valence-electron chi connectivity index (χ1n) is 10.2. The number of aromatic nitrogens is 3. The number of nitrogens with zero attached hydrogens (tertiary/aromatic N) is 3. The van der Waals surface area contributed by atoms with E-state index in [1.165, 1.54) is 11.8 Å². The van der Waals surface area contributed by atoms with Crippen LogP contribution in [0.3, 0.4) is 0 Å². The van der Waals surface area contributed by atoms with Gasteiger partial charge in [0.1, 0.15) is 0 Å². The lowest BCUT2D eigenvalue weighted by molar-refractivity contribution is -0.120. The molecule has 0 aliphatic heterocycles. The molecular weight excluding hydrogens is 424 g/mol. The first-order chi connectivity index (χ1) is 15.2. The van der Waals surface area contributed by atoms with Gasteiger partial charge in [0.05, 0.1) is 16.2 Å². The Morgan fingerprint density at radius 2 is 1.65 bits per heavy atom. The van der Waals surface area contributed by atoms with E-state index in [1.807, 2.05) is 85.1 Å². The number of rotatable bonds is 8. The van der Waals surface area contributed by atoms with E-state index in [0.29, 0.717) is 0 Å². The molecule has 0 saturated heterocycles. The van der Waals surface area contributed by atoms with Crippen LogP contribution in [0.2, 0.25) is 0 Å². The van der Waals surface area contributed by atoms with E-state index in [1.54, 1.807) is 11.3 Å². The third kappa shape index (κ3) is 4.89. The van der Waals surface area contributed by atoms with Crippen LogP contribution in [0.4, 0.5) is 0 Å². The molecular formula is C24H24N4OS2. The molecule has 4 rings (SSSR count). The van der Waals surface area contributed by atoms with Crippen molar-refractivity contribution in [2.45, 2.75) is 36.8 Å². The van der Waals surface area contributed by atoms with Gasteiger partial charge in [-0.3, -0.25) is 4.79 Å². The van der Waals surface area contributed by atoms with E-state index < -0.39 is 0 Å². The van der Waals surface area contributed by atoms with Gasteiger partial charge in [0.25, 0.3) is 0 Å². The predicted molar refractivity (Wildman–Crippen MR) is 127 cm³/mol. The normalized spacial score (nSPS) is 12.1. The molecule has 31 heavy (non-hydrogen) atoms. The maximum atomic E-state index is 13.2. The Hall–Kier alpha value is -2.90. The van der Waals surface area contributed by atoms with Crippen LogP contribution in [0.1, 0.15) is 31.0 Å². The third-order valence-corrected chi connectivity index (χ3v) is 6.92. The molecule has 2 aromatic carbocycles. The number of thioether (sulfide) groups is 1. The van der Waals surface area contributed by atoms with Crippen molar-refractivity contribution in [1.82, 2.24) is 20.1 Å². The second-order valence-electron chi connectivity index (χ2n) is 7.05. The van der Waals surface area contributed by atoms with Gasteiger partial charge >= 0.3 is 0 Å². The largest absolute Gasteiger partial charge is 0.344 e. The summed E-state index contributed by atoms with van der Waals surface area (Å²) in [5.74, 6) is 0.810. The summed E-state index contributed by atoms with van der Waals surface area (Å²) >= 11 is 3.07. The summed E-state index contributed by atoms with van der Waals surface area (Å²) in [7, 11) is 0. The number of amides is 1. The number of hydrogen-bond acceptors (Lipinski definition) is 5. The number of carbonyl (C=O) groups excluding carboxylic acids is 1. The Morgan fingerprint density at radius 3 is 2.19 bits per heavy atom. The van der Waals surface area contributed by atoms with Crippen LogP contribution < -0.4 is 5.32 Å². The predicted octanol–water partition coefficient (Wildman–Crippen LogP) is 5.41. The minimum absolute atomic E-state index is 0.0361. The third-order valence-electron chi connectivity index (χ3n) is 4.98. The van der Waals surface area contributed by atoms with Crippen molar-refractivity contribution < 1.29 is 4.79 Å². The highest BCUT2D eigenvalue weighted by Gasteiger charge is 2.24. The van der Waals surface area contributed by atoms with Gasteiger partial charge in [-0.25, -0.2) is 0 Å². The van der Waals surface area contributed by atoms with Gasteiger partial charge in [0.2, 0.25) is 5.91 Å². The second-order valence-corrected chi connectivity index (χ2v) is 9.31. The summed E-state index contributed by atoms with van der Waals surface area (Å²) in [5.41, 5.74) is 2.10. The zero-order valence-corrected chi connectivity index (χ0v) is 19.1. The number of benzene rings is 2. The van der Waals surface area contributed by atoms with Crippen LogP contribution in [0.5, 0.6) is 0 Å². The fraction of sp³-hybridized carbons (Fsp3) is 0.208. The Kier molecular flexibility index (Phi) is 6.84. The molecule has 0 radical (unpaired) electrons. The molecule has 2 heterocycles. The van der Waals surface area contributed by atoms with E-state index in [2.05, 4.69) is 27.0 Å². The zero-order valence-electron chi connectivity index (χ0n) is 17.4. The van der Waals surface area contributed by atoms with Crippen LogP contribution in [-0.4, -0.2) is 25.9 Å². The Balaban J connectivity index is 1.52. The number of nitrogens with one attached hydrogen (secondary N) is 1. The maximum Gasteiger partial charge on any atom is 0.234 e. The van der Waals surface area contributed by atoms with Crippen molar-refractivity contribution in [2.24, 2.45) is 0 Å². The number of hydrogen-bond donors (Lipinski definition) is 1. The summed E-state index contributed by atoms with van der Waals surface area (Å²) in [6.07, 6.45) is 0. The molecule has 0 saturated carbocycles. The molecule has 0 aliphatic carbocycles. The van der Waals surface area contributed by atoms with Crippen LogP contribution in [0, 0.1) is 0 Å². The topological polar surface area (TPSA) is 59.8 Å². The van der Waals surface area contributed by atoms with Crippen molar-refractivity contribution in [2.75, 3.05) is 0 Å². The van der Waals surface area contributed by atoms with Crippen molar-refractivity contribution in [3.8, 4) is 10.7 Å². The van der Waals surface area contributed by atoms with E-state index in [9.17, 15) is 4.79 Å². The summed E-state index contributed by atoms with van der Waals surface area (Å²) in [5, 5.41) is 14.4. The highest BCUT2D eigenvalue weighted by Crippen LogP contribution is 2.30. The number of thiophene rings is 1. The molecule has 4 aromatic rings. The number of carbonyl (C=O) groups is 1. The smallest absolute Gasteiger partial charge is 0.234 e. The van der Waals surface area contributed by atoms with Gasteiger partial charge in [-0.05, 0) is 36.4 Å². The van der Waals surface area contributed by atoms with Gasteiger partial charge < -0.3 is 9.88 Å². The molecule has 0 bridgehead atoms. The van der Waals surface area contributed by atoms with Crippen LogP contribution in [0.15, 0.2) is 83.3 Å². The molecule has 1 unspecified atom stereocenters. The van der Waals surface area contributed by atoms with Gasteiger partial charge in [-0.1, -0.05) is 78.5 Å². The van der Waals surface area contributed by atoms with Crippen molar-refractivity contribution in [1.29, 1.82) is 0 Å². The van der Waals surface area contributed by atoms with E-state index in [4.69, 9.17) is 0 Å². The maximum absolute atomic E-state index is 13.2. The molecule has 7 heteroatoms. The molecule has 5 nitrogen and oxygen atoms in total. The Bertz CT molecular complexity index is 1070. The van der Waals surface area contributed by atoms with Crippen LogP contribution in [-0.2, 0) is 11.3 Å². The average molecular weight is 449 g/mol.